The van der Waals surface area contributed by atoms with E-state index in [1.165, 1.54) is 16.7 Å². The highest BCUT2D eigenvalue weighted by Gasteiger charge is 2.36. The molecule has 2 unspecified atom stereocenters. The van der Waals surface area contributed by atoms with Gasteiger partial charge in [0.2, 0.25) is 5.95 Å². The maximum absolute atomic E-state index is 12.6. The molecule has 1 aromatic heterocycles. The minimum absolute atomic E-state index is 0.0403. The smallest absolute Gasteiger partial charge is 0.326 e. The fraction of sp³-hybridized carbons (Fsp3) is 0.625. The van der Waals surface area contributed by atoms with Crippen LogP contribution in [-0.4, -0.2) is 79.0 Å². The Labute approximate surface area is 153 Å². The lowest BCUT2D eigenvalue weighted by Gasteiger charge is -2.29. The van der Waals surface area contributed by atoms with E-state index in [9.17, 15) is 18.0 Å². The number of likely N-dealkylation sites (N-methyl/N-ethyl adjacent to an activating group) is 2. The molecule has 0 radical (unpaired) electrons. The molecule has 0 aliphatic carbocycles. The van der Waals surface area contributed by atoms with Crippen molar-refractivity contribution in [2.24, 2.45) is 0 Å². The van der Waals surface area contributed by atoms with Gasteiger partial charge in [0.15, 0.2) is 15.9 Å². The summed E-state index contributed by atoms with van der Waals surface area (Å²) in [5, 5.41) is 0. The number of hydrogen-bond donors (Lipinski definition) is 0. The number of carbonyl (C=O) groups is 2. The van der Waals surface area contributed by atoms with Crippen molar-refractivity contribution in [1.29, 1.82) is 0 Å². The molecule has 0 aromatic carbocycles. The lowest BCUT2D eigenvalue weighted by molar-refractivity contribution is -0.158. The van der Waals surface area contributed by atoms with Gasteiger partial charge in [0, 0.05) is 32.0 Å². The molecule has 0 saturated carbocycles. The van der Waals surface area contributed by atoms with Crippen molar-refractivity contribution in [2.75, 3.05) is 36.5 Å². The summed E-state index contributed by atoms with van der Waals surface area (Å²) >= 11 is 0. The van der Waals surface area contributed by atoms with Gasteiger partial charge in [-0.25, -0.2) is 18.4 Å². The van der Waals surface area contributed by atoms with Gasteiger partial charge in [0.05, 0.1) is 11.5 Å². The summed E-state index contributed by atoms with van der Waals surface area (Å²) in [6.45, 7) is 3.52. The van der Waals surface area contributed by atoms with E-state index in [0.717, 1.165) is 0 Å². The SMILES string of the molecule is CCN(C(=O)C(C)OC(=O)CN(C)c1ncccn1)C1CCS(=O)(=O)C1. The molecule has 2 rings (SSSR count). The number of aromatic nitrogens is 2. The minimum Gasteiger partial charge on any atom is -0.451 e. The van der Waals surface area contributed by atoms with Crippen LogP contribution < -0.4 is 4.90 Å². The second-order valence-electron chi connectivity index (χ2n) is 6.22. The van der Waals surface area contributed by atoms with E-state index in [4.69, 9.17) is 4.74 Å². The molecule has 9 nitrogen and oxygen atoms in total. The average molecular weight is 384 g/mol. The van der Waals surface area contributed by atoms with Gasteiger partial charge >= 0.3 is 5.97 Å². The number of anilines is 1. The third-order valence-electron chi connectivity index (χ3n) is 4.19. The fourth-order valence-corrected chi connectivity index (χ4v) is 4.62. The Balaban J connectivity index is 1.91. The highest BCUT2D eigenvalue weighted by atomic mass is 32.2. The summed E-state index contributed by atoms with van der Waals surface area (Å²) in [5.74, 6) is -0.564. The van der Waals surface area contributed by atoms with Crippen molar-refractivity contribution in [2.45, 2.75) is 32.4 Å². The molecule has 10 heteroatoms. The van der Waals surface area contributed by atoms with E-state index in [2.05, 4.69) is 9.97 Å². The summed E-state index contributed by atoms with van der Waals surface area (Å²) < 4.78 is 28.5. The van der Waals surface area contributed by atoms with Crippen LogP contribution in [0.25, 0.3) is 0 Å². The fourth-order valence-electron chi connectivity index (χ4n) is 2.89. The molecule has 1 fully saturated rings. The van der Waals surface area contributed by atoms with Gasteiger partial charge in [-0.3, -0.25) is 9.59 Å². The summed E-state index contributed by atoms with van der Waals surface area (Å²) in [7, 11) is -1.46. The minimum atomic E-state index is -3.10. The number of ether oxygens (including phenoxy) is 1. The van der Waals surface area contributed by atoms with Crippen LogP contribution in [0.3, 0.4) is 0 Å². The van der Waals surface area contributed by atoms with Crippen LogP contribution >= 0.6 is 0 Å². The summed E-state index contributed by atoms with van der Waals surface area (Å²) in [6, 6.07) is 1.30. The van der Waals surface area contributed by atoms with Crippen molar-refractivity contribution in [1.82, 2.24) is 14.9 Å². The predicted molar refractivity (Wildman–Crippen MR) is 95.3 cm³/mol. The Morgan fingerprint density at radius 1 is 1.35 bits per heavy atom. The Bertz CT molecular complexity index is 740. The highest BCUT2D eigenvalue weighted by Crippen LogP contribution is 2.19. The number of amides is 1. The summed E-state index contributed by atoms with van der Waals surface area (Å²) in [5.41, 5.74) is 0. The van der Waals surface area contributed by atoms with E-state index in [0.29, 0.717) is 18.9 Å². The molecule has 2 heterocycles. The van der Waals surface area contributed by atoms with Gasteiger partial charge in [-0.05, 0) is 26.3 Å². The Morgan fingerprint density at radius 3 is 2.54 bits per heavy atom. The van der Waals surface area contributed by atoms with Crippen molar-refractivity contribution in [3.8, 4) is 0 Å². The van der Waals surface area contributed by atoms with Gasteiger partial charge in [0.25, 0.3) is 5.91 Å². The van der Waals surface area contributed by atoms with E-state index >= 15 is 0 Å². The largest absolute Gasteiger partial charge is 0.451 e. The molecule has 0 bridgehead atoms. The summed E-state index contributed by atoms with van der Waals surface area (Å²) in [6.07, 6.45) is 2.54. The molecule has 0 spiro atoms. The number of sulfone groups is 1. The maximum Gasteiger partial charge on any atom is 0.326 e. The first-order valence-electron chi connectivity index (χ1n) is 8.42. The van der Waals surface area contributed by atoms with Crippen LogP contribution in [0.4, 0.5) is 5.95 Å². The Kier molecular flexibility index (Phi) is 6.52. The standard InChI is InChI=1S/C16H24N4O5S/c1-4-20(13-6-9-26(23,24)11-13)15(22)12(2)25-14(21)10-19(3)16-17-7-5-8-18-16/h5,7-8,12-13H,4,6,9-11H2,1-3H3. The van der Waals surface area contributed by atoms with Gasteiger partial charge in [-0.15, -0.1) is 0 Å². The molecular weight excluding hydrogens is 360 g/mol. The molecule has 1 aliphatic heterocycles. The zero-order valence-electron chi connectivity index (χ0n) is 15.2. The average Bonchev–Trinajstić information content (AvgIpc) is 2.95. The maximum atomic E-state index is 12.6. The van der Waals surface area contributed by atoms with Gasteiger partial charge < -0.3 is 14.5 Å². The molecule has 26 heavy (non-hydrogen) atoms. The number of esters is 1. The Morgan fingerprint density at radius 2 is 2.00 bits per heavy atom. The van der Waals surface area contributed by atoms with Crippen LogP contribution in [0.5, 0.6) is 0 Å². The second-order valence-corrected chi connectivity index (χ2v) is 8.45. The van der Waals surface area contributed by atoms with Crippen LogP contribution in [0.15, 0.2) is 18.5 Å². The number of nitrogens with zero attached hydrogens (tertiary/aromatic N) is 4. The normalized spacial score (nSPS) is 19.6. The topological polar surface area (TPSA) is 110 Å². The highest BCUT2D eigenvalue weighted by molar-refractivity contribution is 7.91. The monoisotopic (exact) mass is 384 g/mol. The second kappa shape index (κ2) is 8.43. The first-order valence-corrected chi connectivity index (χ1v) is 10.2. The quantitative estimate of drug-likeness (QED) is 0.599. The molecule has 1 saturated heterocycles. The van der Waals surface area contributed by atoms with E-state index < -0.39 is 21.9 Å². The Hall–Kier alpha value is -2.23. The molecule has 0 N–H and O–H groups in total. The lowest BCUT2D eigenvalue weighted by Crippen LogP contribution is -2.47. The van der Waals surface area contributed by atoms with E-state index in [-0.39, 0.29) is 30.0 Å². The van der Waals surface area contributed by atoms with Crippen LogP contribution in [-0.2, 0) is 24.2 Å². The van der Waals surface area contributed by atoms with Crippen LogP contribution in [0, 0.1) is 0 Å². The first-order chi connectivity index (χ1) is 12.2. The van der Waals surface area contributed by atoms with Crippen molar-refractivity contribution >= 4 is 27.7 Å². The first kappa shape index (κ1) is 20.1. The number of rotatable bonds is 7. The van der Waals surface area contributed by atoms with Gasteiger partial charge in [-0.2, -0.15) is 0 Å². The molecule has 1 aromatic rings. The number of hydrogen-bond acceptors (Lipinski definition) is 8. The lowest BCUT2D eigenvalue weighted by atomic mass is 10.2. The molecule has 1 amide bonds. The van der Waals surface area contributed by atoms with E-state index in [1.54, 1.807) is 32.4 Å². The molecule has 1 aliphatic rings. The summed E-state index contributed by atoms with van der Waals surface area (Å²) in [4.78, 5) is 35.7. The third kappa shape index (κ3) is 5.13. The third-order valence-corrected chi connectivity index (χ3v) is 5.94. The zero-order valence-corrected chi connectivity index (χ0v) is 16.0. The zero-order chi connectivity index (χ0) is 19.3. The number of carbonyl (C=O) groups excluding carboxylic acids is 2. The van der Waals surface area contributed by atoms with Gasteiger partial charge in [0.1, 0.15) is 6.54 Å². The molecule has 144 valence electrons. The molecule has 2 atom stereocenters. The molecular formula is C16H24N4O5S. The van der Waals surface area contributed by atoms with E-state index in [1.807, 2.05) is 0 Å². The van der Waals surface area contributed by atoms with Crippen LogP contribution in [0.2, 0.25) is 0 Å². The predicted octanol–water partition coefficient (Wildman–Crippen LogP) is -0.120. The van der Waals surface area contributed by atoms with Crippen LogP contribution in [0.1, 0.15) is 20.3 Å². The van der Waals surface area contributed by atoms with Gasteiger partial charge in [-0.1, -0.05) is 0 Å². The van der Waals surface area contributed by atoms with Crippen molar-refractivity contribution in [3.05, 3.63) is 18.5 Å². The van der Waals surface area contributed by atoms with Crippen molar-refractivity contribution in [3.63, 3.8) is 0 Å². The van der Waals surface area contributed by atoms with Crippen molar-refractivity contribution < 1.29 is 22.7 Å².